The topological polar surface area (TPSA) is 72.0 Å². The number of anilines is 1. The van der Waals surface area contributed by atoms with E-state index in [0.29, 0.717) is 20.6 Å². The summed E-state index contributed by atoms with van der Waals surface area (Å²) < 4.78 is 27.0. The van der Waals surface area contributed by atoms with Crippen LogP contribution in [0.5, 0.6) is 0 Å². The highest BCUT2D eigenvalue weighted by atomic mass is 35.5. The van der Waals surface area contributed by atoms with E-state index < -0.39 is 10.0 Å². The van der Waals surface area contributed by atoms with E-state index in [1.807, 2.05) is 30.3 Å². The Balaban J connectivity index is 1.76. The quantitative estimate of drug-likeness (QED) is 0.687. The van der Waals surface area contributed by atoms with Crippen molar-refractivity contribution >= 4 is 49.7 Å². The third-order valence-electron chi connectivity index (χ3n) is 3.05. The lowest BCUT2D eigenvalue weighted by Gasteiger charge is -2.06. The van der Waals surface area contributed by atoms with Crippen LogP contribution in [0.25, 0.3) is 10.6 Å². The first-order valence-corrected chi connectivity index (χ1v) is 9.99. The van der Waals surface area contributed by atoms with Crippen molar-refractivity contribution in [1.82, 2.24) is 10.2 Å². The molecule has 0 aliphatic rings. The van der Waals surface area contributed by atoms with E-state index in [1.54, 1.807) is 12.1 Å². The van der Waals surface area contributed by atoms with Crippen LogP contribution in [-0.4, -0.2) is 18.6 Å². The van der Waals surface area contributed by atoms with Crippen molar-refractivity contribution in [3.63, 3.8) is 0 Å². The Morgan fingerprint density at radius 2 is 1.79 bits per heavy atom. The van der Waals surface area contributed by atoms with E-state index in [0.717, 1.165) is 16.9 Å². The number of rotatable bonds is 5. The lowest BCUT2D eigenvalue weighted by molar-refractivity contribution is 0.600. The van der Waals surface area contributed by atoms with Crippen LogP contribution in [0.4, 0.5) is 5.13 Å². The highest BCUT2D eigenvalue weighted by molar-refractivity contribution is 7.92. The Bertz CT molecular complexity index is 960. The molecule has 0 atom stereocenters. The van der Waals surface area contributed by atoms with Crippen LogP contribution in [0.2, 0.25) is 10.0 Å². The largest absolute Gasteiger partial charge is 0.257 e. The maximum absolute atomic E-state index is 12.3. The first-order chi connectivity index (χ1) is 11.4. The van der Waals surface area contributed by atoms with E-state index in [9.17, 15) is 8.42 Å². The van der Waals surface area contributed by atoms with E-state index in [2.05, 4.69) is 14.9 Å². The second-order valence-electron chi connectivity index (χ2n) is 4.88. The van der Waals surface area contributed by atoms with Gasteiger partial charge in [-0.25, -0.2) is 8.42 Å². The lowest BCUT2D eigenvalue weighted by Crippen LogP contribution is -2.15. The Hall–Kier alpha value is -1.67. The summed E-state index contributed by atoms with van der Waals surface area (Å²) in [4.78, 5) is 0. The van der Waals surface area contributed by atoms with Gasteiger partial charge >= 0.3 is 0 Å². The van der Waals surface area contributed by atoms with Crippen molar-refractivity contribution in [3.8, 4) is 10.6 Å². The molecule has 0 aliphatic carbocycles. The number of aromatic nitrogens is 2. The van der Waals surface area contributed by atoms with Crippen molar-refractivity contribution < 1.29 is 8.42 Å². The van der Waals surface area contributed by atoms with Crippen molar-refractivity contribution in [2.24, 2.45) is 0 Å². The summed E-state index contributed by atoms with van der Waals surface area (Å²) in [6.45, 7) is 0. The van der Waals surface area contributed by atoms with Gasteiger partial charge in [-0.3, -0.25) is 4.72 Å². The minimum Gasteiger partial charge on any atom is -0.257 e. The molecule has 5 nitrogen and oxygen atoms in total. The van der Waals surface area contributed by atoms with Crippen molar-refractivity contribution in [3.05, 3.63) is 64.1 Å². The van der Waals surface area contributed by atoms with Crippen LogP contribution in [0, 0.1) is 0 Å². The minimum atomic E-state index is -3.66. The molecule has 3 rings (SSSR count). The molecule has 1 heterocycles. The molecular weight excluding hydrogens is 389 g/mol. The molecule has 0 saturated carbocycles. The zero-order chi connectivity index (χ0) is 17.2. The molecular formula is C15H11Cl2N3O2S2. The normalized spacial score (nSPS) is 11.4. The molecule has 0 bridgehead atoms. The fourth-order valence-electron chi connectivity index (χ4n) is 1.97. The van der Waals surface area contributed by atoms with Crippen LogP contribution in [0.3, 0.4) is 0 Å². The number of nitrogens with one attached hydrogen (secondary N) is 1. The van der Waals surface area contributed by atoms with Gasteiger partial charge in [-0.2, -0.15) is 0 Å². The van der Waals surface area contributed by atoms with Gasteiger partial charge in [0.2, 0.25) is 15.2 Å². The van der Waals surface area contributed by atoms with Gasteiger partial charge in [0.25, 0.3) is 0 Å². The van der Waals surface area contributed by atoms with E-state index >= 15 is 0 Å². The predicted octanol–water partition coefficient (Wildman–Crippen LogP) is 4.45. The van der Waals surface area contributed by atoms with Gasteiger partial charge in [0.05, 0.1) is 5.75 Å². The number of sulfonamides is 1. The number of benzene rings is 2. The molecule has 0 amide bonds. The Labute approximate surface area is 153 Å². The molecule has 0 fully saturated rings. The molecule has 9 heteroatoms. The predicted molar refractivity (Wildman–Crippen MR) is 98.1 cm³/mol. The van der Waals surface area contributed by atoms with Crippen LogP contribution in [-0.2, 0) is 15.8 Å². The summed E-state index contributed by atoms with van der Waals surface area (Å²) in [7, 11) is -3.66. The molecule has 2 aromatic carbocycles. The third kappa shape index (κ3) is 4.24. The van der Waals surface area contributed by atoms with Crippen molar-refractivity contribution in [2.45, 2.75) is 5.75 Å². The van der Waals surface area contributed by atoms with Gasteiger partial charge < -0.3 is 0 Å². The van der Waals surface area contributed by atoms with E-state index in [1.165, 1.54) is 6.07 Å². The first-order valence-electron chi connectivity index (χ1n) is 6.76. The highest BCUT2D eigenvalue weighted by Gasteiger charge is 2.17. The molecule has 3 aromatic rings. The Morgan fingerprint density at radius 3 is 2.50 bits per heavy atom. The SMILES string of the molecule is O=S(=O)(Cc1ccc(Cl)cc1Cl)Nc1nnc(-c2ccccc2)s1. The fraction of sp³-hybridized carbons (Fsp3) is 0.0667. The summed E-state index contributed by atoms with van der Waals surface area (Å²) in [6.07, 6.45) is 0. The molecule has 0 radical (unpaired) electrons. The maximum atomic E-state index is 12.3. The minimum absolute atomic E-state index is 0.207. The molecule has 0 unspecified atom stereocenters. The molecule has 0 saturated heterocycles. The summed E-state index contributed by atoms with van der Waals surface area (Å²) in [5.74, 6) is -0.275. The lowest BCUT2D eigenvalue weighted by atomic mass is 10.2. The summed E-state index contributed by atoms with van der Waals surface area (Å²) in [5, 5.41) is 9.48. The standard InChI is InChI=1S/C15H11Cl2N3O2S2/c16-12-7-6-11(13(17)8-12)9-24(21,22)20-15-19-18-14(23-15)10-4-2-1-3-5-10/h1-8H,9H2,(H,19,20). The van der Waals surface area contributed by atoms with Gasteiger partial charge in [-0.05, 0) is 17.7 Å². The van der Waals surface area contributed by atoms with Crippen LogP contribution < -0.4 is 4.72 Å². The molecule has 1 N–H and O–H groups in total. The van der Waals surface area contributed by atoms with E-state index in [4.69, 9.17) is 23.2 Å². The maximum Gasteiger partial charge on any atom is 0.238 e. The van der Waals surface area contributed by atoms with Crippen LogP contribution in [0.1, 0.15) is 5.56 Å². The summed E-state index contributed by atoms with van der Waals surface area (Å²) in [6, 6.07) is 14.1. The summed E-state index contributed by atoms with van der Waals surface area (Å²) in [5.41, 5.74) is 1.34. The van der Waals surface area contributed by atoms with Gasteiger partial charge in [0, 0.05) is 15.6 Å². The highest BCUT2D eigenvalue weighted by Crippen LogP contribution is 2.28. The monoisotopic (exact) mass is 399 g/mol. The molecule has 0 aliphatic heterocycles. The summed E-state index contributed by atoms with van der Waals surface area (Å²) >= 11 is 13.0. The van der Waals surface area contributed by atoms with Gasteiger partial charge in [0.1, 0.15) is 5.01 Å². The average molecular weight is 400 g/mol. The third-order valence-corrected chi connectivity index (χ3v) is 5.85. The van der Waals surface area contributed by atoms with Crippen molar-refractivity contribution in [1.29, 1.82) is 0 Å². The first kappa shape index (κ1) is 17.2. The molecule has 124 valence electrons. The number of hydrogen-bond donors (Lipinski definition) is 1. The van der Waals surface area contributed by atoms with Gasteiger partial charge in [-0.15, -0.1) is 10.2 Å². The van der Waals surface area contributed by atoms with Gasteiger partial charge in [-0.1, -0.05) is 70.9 Å². The smallest absolute Gasteiger partial charge is 0.238 e. The fourth-order valence-corrected chi connectivity index (χ4v) is 4.72. The zero-order valence-corrected chi connectivity index (χ0v) is 15.3. The van der Waals surface area contributed by atoms with E-state index in [-0.39, 0.29) is 10.9 Å². The number of nitrogens with zero attached hydrogens (tertiary/aromatic N) is 2. The van der Waals surface area contributed by atoms with Crippen LogP contribution in [0.15, 0.2) is 48.5 Å². The second-order valence-corrected chi connectivity index (χ2v) is 8.42. The van der Waals surface area contributed by atoms with Gasteiger partial charge in [0.15, 0.2) is 0 Å². The van der Waals surface area contributed by atoms with Crippen LogP contribution >= 0.6 is 34.5 Å². The Kier molecular flexibility index (Phi) is 5.05. The zero-order valence-electron chi connectivity index (χ0n) is 12.1. The molecule has 24 heavy (non-hydrogen) atoms. The van der Waals surface area contributed by atoms with Crippen molar-refractivity contribution in [2.75, 3.05) is 4.72 Å². The number of halogens is 2. The average Bonchev–Trinajstić information content (AvgIpc) is 2.99. The molecule has 1 aromatic heterocycles. The molecule has 0 spiro atoms. The second kappa shape index (κ2) is 7.06. The number of hydrogen-bond acceptors (Lipinski definition) is 5. The Morgan fingerprint density at radius 1 is 1.04 bits per heavy atom.